The first-order chi connectivity index (χ1) is 9.56. The van der Waals surface area contributed by atoms with E-state index in [0.29, 0.717) is 28.6 Å². The molecule has 1 aromatic heterocycles. The minimum Gasteiger partial charge on any atom is -0.397 e. The molecule has 1 saturated heterocycles. The van der Waals surface area contributed by atoms with Crippen molar-refractivity contribution in [1.82, 2.24) is 9.97 Å². The molecule has 0 bridgehead atoms. The number of nitrogen functional groups attached to an aromatic ring is 1. The lowest BCUT2D eigenvalue weighted by Crippen LogP contribution is -2.41. The van der Waals surface area contributed by atoms with E-state index in [1.54, 1.807) is 6.07 Å². The number of hydrogen-bond donors (Lipinski definition) is 2. The minimum atomic E-state index is -0.145. The van der Waals surface area contributed by atoms with Crippen LogP contribution in [0.5, 0.6) is 0 Å². The molecule has 0 radical (unpaired) electrons. The molecular weight excluding hydrogens is 252 g/mol. The third-order valence-corrected chi connectivity index (χ3v) is 4.22. The first kappa shape index (κ1) is 13.0. The molecule has 1 aliphatic heterocycles. The van der Waals surface area contributed by atoms with Gasteiger partial charge in [0.05, 0.1) is 28.6 Å². The topological polar surface area (TPSA) is 75.0 Å². The molecule has 5 heteroatoms. The molecule has 0 amide bonds. The predicted octanol–water partition coefficient (Wildman–Crippen LogP) is 2.13. The number of rotatable bonds is 1. The van der Waals surface area contributed by atoms with Crippen LogP contribution in [0.2, 0.25) is 0 Å². The van der Waals surface area contributed by atoms with Crippen LogP contribution in [0.1, 0.15) is 26.7 Å². The summed E-state index contributed by atoms with van der Waals surface area (Å²) in [4.78, 5) is 20.9. The van der Waals surface area contributed by atoms with Gasteiger partial charge in [0, 0.05) is 12.6 Å². The van der Waals surface area contributed by atoms with Gasteiger partial charge < -0.3 is 15.6 Å². The maximum Gasteiger partial charge on any atom is 0.258 e. The largest absolute Gasteiger partial charge is 0.397 e. The van der Waals surface area contributed by atoms with Crippen molar-refractivity contribution in [2.45, 2.75) is 32.7 Å². The molecule has 2 aromatic rings. The van der Waals surface area contributed by atoms with Crippen LogP contribution in [0, 0.1) is 5.92 Å². The number of anilines is 2. The summed E-state index contributed by atoms with van der Waals surface area (Å²) in [6.45, 7) is 5.49. The predicted molar refractivity (Wildman–Crippen MR) is 82.0 cm³/mol. The van der Waals surface area contributed by atoms with Crippen LogP contribution in [-0.2, 0) is 0 Å². The minimum absolute atomic E-state index is 0.145. The Morgan fingerprint density at radius 2 is 2.15 bits per heavy atom. The second kappa shape index (κ2) is 4.81. The summed E-state index contributed by atoms with van der Waals surface area (Å²) >= 11 is 0. The summed E-state index contributed by atoms with van der Waals surface area (Å²) in [5.74, 6) is 0.661. The van der Waals surface area contributed by atoms with Crippen LogP contribution >= 0.6 is 0 Å². The number of benzene rings is 1. The van der Waals surface area contributed by atoms with Crippen molar-refractivity contribution < 1.29 is 0 Å². The molecule has 3 rings (SSSR count). The highest BCUT2D eigenvalue weighted by molar-refractivity contribution is 5.88. The summed E-state index contributed by atoms with van der Waals surface area (Å²) in [7, 11) is 0. The fourth-order valence-corrected chi connectivity index (χ4v) is 2.99. The lowest BCUT2D eigenvalue weighted by Gasteiger charge is -2.39. The lowest BCUT2D eigenvalue weighted by molar-refractivity contribution is 0.391. The molecule has 5 nitrogen and oxygen atoms in total. The van der Waals surface area contributed by atoms with Gasteiger partial charge in [-0.15, -0.1) is 0 Å². The average Bonchev–Trinajstić information content (AvgIpc) is 2.42. The van der Waals surface area contributed by atoms with Crippen molar-refractivity contribution in [3.8, 4) is 0 Å². The van der Waals surface area contributed by atoms with Crippen LogP contribution in [0.4, 0.5) is 11.4 Å². The van der Waals surface area contributed by atoms with Gasteiger partial charge in [-0.05, 0) is 37.8 Å². The first-order valence-corrected chi connectivity index (χ1v) is 7.10. The smallest absolute Gasteiger partial charge is 0.258 e. The van der Waals surface area contributed by atoms with E-state index in [1.807, 2.05) is 6.07 Å². The zero-order valence-corrected chi connectivity index (χ0v) is 11.9. The van der Waals surface area contributed by atoms with Gasteiger partial charge in [0.25, 0.3) is 5.56 Å². The van der Waals surface area contributed by atoms with Crippen LogP contribution in [0.25, 0.3) is 10.9 Å². The third kappa shape index (κ3) is 2.13. The van der Waals surface area contributed by atoms with E-state index in [9.17, 15) is 4.79 Å². The molecule has 2 heterocycles. The Bertz CT molecular complexity index is 694. The fourth-order valence-electron chi connectivity index (χ4n) is 2.99. The van der Waals surface area contributed by atoms with Crippen molar-refractivity contribution in [1.29, 1.82) is 0 Å². The summed E-state index contributed by atoms with van der Waals surface area (Å²) in [5, 5.41) is 0.548. The van der Waals surface area contributed by atoms with Crippen molar-refractivity contribution in [3.63, 3.8) is 0 Å². The van der Waals surface area contributed by atoms with E-state index < -0.39 is 0 Å². The molecule has 1 aliphatic rings. The van der Waals surface area contributed by atoms with E-state index in [1.165, 1.54) is 19.2 Å². The molecule has 1 fully saturated rings. The molecule has 2 unspecified atom stereocenters. The summed E-state index contributed by atoms with van der Waals surface area (Å²) < 4.78 is 0. The average molecular weight is 272 g/mol. The van der Waals surface area contributed by atoms with Gasteiger partial charge in [-0.2, -0.15) is 0 Å². The molecule has 1 aromatic carbocycles. The number of nitrogens with two attached hydrogens (primary N) is 1. The number of piperidine rings is 1. The Hall–Kier alpha value is -2.04. The van der Waals surface area contributed by atoms with Crippen LogP contribution < -0.4 is 16.2 Å². The maximum absolute atomic E-state index is 11.8. The first-order valence-electron chi connectivity index (χ1n) is 7.10. The molecule has 20 heavy (non-hydrogen) atoms. The SMILES string of the molecule is CC1CCC(C)N(c2cc3nc[nH]c(=O)c3cc2N)C1. The Labute approximate surface area is 117 Å². The highest BCUT2D eigenvalue weighted by Crippen LogP contribution is 2.33. The molecule has 0 spiro atoms. The molecule has 106 valence electrons. The van der Waals surface area contributed by atoms with Gasteiger partial charge in [-0.1, -0.05) is 6.92 Å². The Morgan fingerprint density at radius 3 is 2.95 bits per heavy atom. The molecule has 0 saturated carbocycles. The number of nitrogens with zero attached hydrogens (tertiary/aromatic N) is 2. The van der Waals surface area contributed by atoms with Gasteiger partial charge in [0.2, 0.25) is 0 Å². The second-order valence-corrected chi connectivity index (χ2v) is 5.84. The monoisotopic (exact) mass is 272 g/mol. The maximum atomic E-state index is 11.8. The van der Waals surface area contributed by atoms with Crippen molar-refractivity contribution in [2.24, 2.45) is 5.92 Å². The van der Waals surface area contributed by atoms with E-state index in [4.69, 9.17) is 5.73 Å². The number of fused-ring (bicyclic) bond motifs is 1. The number of H-pyrrole nitrogens is 1. The zero-order valence-electron chi connectivity index (χ0n) is 11.9. The Morgan fingerprint density at radius 1 is 1.35 bits per heavy atom. The normalized spacial score (nSPS) is 23.2. The number of hydrogen-bond acceptors (Lipinski definition) is 4. The van der Waals surface area contributed by atoms with Crippen molar-refractivity contribution in [2.75, 3.05) is 17.2 Å². The zero-order chi connectivity index (χ0) is 14.3. The summed E-state index contributed by atoms with van der Waals surface area (Å²) in [6.07, 6.45) is 3.86. The number of aromatic amines is 1. The summed E-state index contributed by atoms with van der Waals surface area (Å²) in [6, 6.07) is 4.14. The van der Waals surface area contributed by atoms with Crippen LogP contribution in [-0.4, -0.2) is 22.6 Å². The quantitative estimate of drug-likeness (QED) is 0.780. The van der Waals surface area contributed by atoms with Gasteiger partial charge in [0.1, 0.15) is 0 Å². The highest BCUT2D eigenvalue weighted by Gasteiger charge is 2.24. The lowest BCUT2D eigenvalue weighted by atomic mass is 9.94. The van der Waals surface area contributed by atoms with E-state index in [0.717, 1.165) is 12.2 Å². The molecular formula is C15H20N4O. The van der Waals surface area contributed by atoms with E-state index in [2.05, 4.69) is 28.7 Å². The van der Waals surface area contributed by atoms with Gasteiger partial charge in [0.15, 0.2) is 0 Å². The van der Waals surface area contributed by atoms with Gasteiger partial charge in [-0.3, -0.25) is 4.79 Å². The standard InChI is InChI=1S/C15H20N4O/c1-9-3-4-10(2)19(7-9)14-6-13-11(5-12(14)16)15(20)18-8-17-13/h5-6,8-10H,3-4,7,16H2,1-2H3,(H,17,18,20). The van der Waals surface area contributed by atoms with Gasteiger partial charge in [-0.25, -0.2) is 4.98 Å². The highest BCUT2D eigenvalue weighted by atomic mass is 16.1. The van der Waals surface area contributed by atoms with Crippen molar-refractivity contribution >= 4 is 22.3 Å². The Kier molecular flexibility index (Phi) is 3.12. The molecule has 0 aliphatic carbocycles. The third-order valence-electron chi connectivity index (χ3n) is 4.22. The Balaban J connectivity index is 2.11. The van der Waals surface area contributed by atoms with Crippen molar-refractivity contribution in [3.05, 3.63) is 28.8 Å². The second-order valence-electron chi connectivity index (χ2n) is 5.84. The number of aromatic nitrogens is 2. The molecule has 2 atom stereocenters. The fraction of sp³-hybridized carbons (Fsp3) is 0.467. The van der Waals surface area contributed by atoms with E-state index in [-0.39, 0.29) is 5.56 Å². The van der Waals surface area contributed by atoms with E-state index >= 15 is 0 Å². The van der Waals surface area contributed by atoms with Crippen LogP contribution in [0.15, 0.2) is 23.3 Å². The van der Waals surface area contributed by atoms with Gasteiger partial charge >= 0.3 is 0 Å². The molecule has 3 N–H and O–H groups in total. The van der Waals surface area contributed by atoms with Crippen LogP contribution in [0.3, 0.4) is 0 Å². The summed E-state index contributed by atoms with van der Waals surface area (Å²) in [5.41, 5.74) is 8.37. The number of nitrogens with one attached hydrogen (secondary N) is 1.